The molecule has 0 rings (SSSR count). The Morgan fingerprint density at radius 2 is 1.76 bits per heavy atom. The Labute approximate surface area is 95.9 Å². The highest BCUT2D eigenvalue weighted by atomic mass is 19.4. The number of nitrogens with one attached hydrogen (secondary N) is 1. The van der Waals surface area contributed by atoms with Crippen LogP contribution in [0.25, 0.3) is 0 Å². The molecule has 1 amide bonds. The molecular formula is C9H14F3NO4. The Morgan fingerprint density at radius 3 is 2.06 bits per heavy atom. The number of ether oxygens (including phenoxy) is 1. The van der Waals surface area contributed by atoms with Crippen molar-refractivity contribution in [2.75, 3.05) is 6.54 Å². The van der Waals surface area contributed by atoms with Crippen LogP contribution in [0.15, 0.2) is 0 Å². The summed E-state index contributed by atoms with van der Waals surface area (Å²) in [6, 6.07) is 0. The molecule has 0 aliphatic heterocycles. The van der Waals surface area contributed by atoms with E-state index in [4.69, 9.17) is 9.84 Å². The van der Waals surface area contributed by atoms with Crippen LogP contribution < -0.4 is 5.32 Å². The van der Waals surface area contributed by atoms with Crippen LogP contribution in [0.2, 0.25) is 0 Å². The van der Waals surface area contributed by atoms with E-state index in [2.05, 4.69) is 0 Å². The minimum Gasteiger partial charge on any atom is -0.479 e. The molecule has 0 unspecified atom stereocenters. The van der Waals surface area contributed by atoms with Gasteiger partial charge in [0.25, 0.3) is 0 Å². The fourth-order valence-corrected chi connectivity index (χ4v) is 0.892. The summed E-state index contributed by atoms with van der Waals surface area (Å²) in [4.78, 5) is 21.2. The number of rotatable bonds is 4. The molecule has 0 bridgehead atoms. The van der Waals surface area contributed by atoms with Crippen molar-refractivity contribution in [1.29, 1.82) is 0 Å². The predicted octanol–water partition coefficient (Wildman–Crippen LogP) is 0.933. The Balaban J connectivity index is 4.40. The van der Waals surface area contributed by atoms with Gasteiger partial charge in [0, 0.05) is 0 Å². The van der Waals surface area contributed by atoms with Crippen LogP contribution in [0.5, 0.6) is 0 Å². The average molecular weight is 257 g/mol. The van der Waals surface area contributed by atoms with Crippen LogP contribution in [0.1, 0.15) is 20.8 Å². The summed E-state index contributed by atoms with van der Waals surface area (Å²) in [5.41, 5.74) is -0.841. The molecule has 0 aromatic heterocycles. The number of aliphatic carboxylic acids is 1. The summed E-state index contributed by atoms with van der Waals surface area (Å²) in [6.07, 6.45) is -6.56. The number of carboxylic acids is 1. The molecule has 0 aromatic rings. The van der Waals surface area contributed by atoms with Crippen molar-refractivity contribution in [1.82, 2.24) is 5.32 Å². The maximum atomic E-state index is 11.8. The van der Waals surface area contributed by atoms with Gasteiger partial charge in [-0.25, -0.2) is 4.79 Å². The van der Waals surface area contributed by atoms with E-state index in [0.717, 1.165) is 0 Å². The van der Waals surface area contributed by atoms with Crippen molar-refractivity contribution >= 4 is 11.9 Å². The van der Waals surface area contributed by atoms with Crippen LogP contribution in [-0.4, -0.2) is 41.4 Å². The number of hydrogen-bond donors (Lipinski definition) is 2. The molecule has 0 saturated carbocycles. The normalized spacial score (nSPS) is 14.2. The van der Waals surface area contributed by atoms with Gasteiger partial charge in [-0.05, 0) is 20.8 Å². The summed E-state index contributed by atoms with van der Waals surface area (Å²) >= 11 is 0. The lowest BCUT2D eigenvalue weighted by Crippen LogP contribution is -2.46. The van der Waals surface area contributed by atoms with Crippen LogP contribution in [-0.2, 0) is 14.3 Å². The summed E-state index contributed by atoms with van der Waals surface area (Å²) in [5.74, 6) is -3.64. The van der Waals surface area contributed by atoms with E-state index in [-0.39, 0.29) is 0 Å². The number of hydrogen-bond acceptors (Lipinski definition) is 3. The highest BCUT2D eigenvalue weighted by Crippen LogP contribution is 2.15. The van der Waals surface area contributed by atoms with Gasteiger partial charge in [0.1, 0.15) is 0 Å². The lowest BCUT2D eigenvalue weighted by Gasteiger charge is -2.25. The van der Waals surface area contributed by atoms with Gasteiger partial charge in [-0.2, -0.15) is 13.2 Å². The lowest BCUT2D eigenvalue weighted by atomic mass is 10.2. The zero-order valence-electron chi connectivity index (χ0n) is 9.59. The van der Waals surface area contributed by atoms with Crippen molar-refractivity contribution in [2.45, 2.75) is 38.7 Å². The molecule has 0 saturated heterocycles. The molecule has 0 aliphatic carbocycles. The number of amides is 1. The second kappa shape index (κ2) is 5.35. The van der Waals surface area contributed by atoms with Gasteiger partial charge in [-0.1, -0.05) is 0 Å². The van der Waals surface area contributed by atoms with Crippen LogP contribution in [0.3, 0.4) is 0 Å². The quantitative estimate of drug-likeness (QED) is 0.785. The molecule has 1 atom stereocenters. The molecule has 8 heteroatoms. The largest absolute Gasteiger partial charge is 0.479 e. The molecule has 0 heterocycles. The van der Waals surface area contributed by atoms with Crippen molar-refractivity contribution in [2.24, 2.45) is 0 Å². The predicted molar refractivity (Wildman–Crippen MR) is 51.3 cm³/mol. The molecule has 0 radical (unpaired) electrons. The smallest absolute Gasteiger partial charge is 0.471 e. The number of carbonyl (C=O) groups excluding carboxylic acids is 1. The van der Waals surface area contributed by atoms with Gasteiger partial charge in [-0.15, -0.1) is 0 Å². The zero-order chi connectivity index (χ0) is 13.9. The van der Waals surface area contributed by atoms with Crippen molar-refractivity contribution in [3.63, 3.8) is 0 Å². The van der Waals surface area contributed by atoms with E-state index >= 15 is 0 Å². The fraction of sp³-hybridized carbons (Fsp3) is 0.778. The SMILES string of the molecule is CC(C)(C)O[C@H](CNC(=O)C(F)(F)F)C(=O)O. The Bertz CT molecular complexity index is 296. The number of halogens is 3. The van der Waals surface area contributed by atoms with Gasteiger partial charge < -0.3 is 15.2 Å². The minimum atomic E-state index is -5.04. The second-order valence-electron chi connectivity index (χ2n) is 4.26. The van der Waals surface area contributed by atoms with E-state index in [1.54, 1.807) is 20.8 Å². The van der Waals surface area contributed by atoms with Gasteiger partial charge in [0.05, 0.1) is 12.1 Å². The van der Waals surface area contributed by atoms with Gasteiger partial charge in [0.15, 0.2) is 6.10 Å². The summed E-state index contributed by atoms with van der Waals surface area (Å²) < 4.78 is 40.5. The first kappa shape index (κ1) is 15.7. The second-order valence-corrected chi connectivity index (χ2v) is 4.26. The summed E-state index contributed by atoms with van der Waals surface area (Å²) in [6.45, 7) is 3.91. The van der Waals surface area contributed by atoms with Crippen LogP contribution in [0.4, 0.5) is 13.2 Å². The maximum Gasteiger partial charge on any atom is 0.471 e. The molecule has 100 valence electrons. The average Bonchev–Trinajstić information content (AvgIpc) is 2.07. The van der Waals surface area contributed by atoms with Crippen molar-refractivity contribution < 1.29 is 32.6 Å². The van der Waals surface area contributed by atoms with E-state index in [1.165, 1.54) is 5.32 Å². The molecule has 5 nitrogen and oxygen atoms in total. The Kier molecular flexibility index (Phi) is 4.94. The first-order valence-corrected chi connectivity index (χ1v) is 4.69. The van der Waals surface area contributed by atoms with Crippen molar-refractivity contribution in [3.8, 4) is 0 Å². The number of carboxylic acid groups (broad SMARTS) is 1. The Hall–Kier alpha value is -1.31. The fourth-order valence-electron chi connectivity index (χ4n) is 0.892. The minimum absolute atomic E-state index is 0.745. The maximum absolute atomic E-state index is 11.8. The lowest BCUT2D eigenvalue weighted by molar-refractivity contribution is -0.176. The molecule has 0 fully saturated rings. The summed E-state index contributed by atoms with van der Waals surface area (Å²) in [7, 11) is 0. The van der Waals surface area contributed by atoms with Crippen LogP contribution >= 0.6 is 0 Å². The van der Waals surface area contributed by atoms with Gasteiger partial charge >= 0.3 is 18.1 Å². The van der Waals surface area contributed by atoms with Crippen molar-refractivity contribution in [3.05, 3.63) is 0 Å². The first-order valence-electron chi connectivity index (χ1n) is 4.69. The van der Waals surface area contributed by atoms with Gasteiger partial charge in [0.2, 0.25) is 0 Å². The monoisotopic (exact) mass is 257 g/mol. The topological polar surface area (TPSA) is 75.6 Å². The van der Waals surface area contributed by atoms with E-state index < -0.39 is 36.3 Å². The molecule has 0 aromatic carbocycles. The standard InChI is InChI=1S/C9H14F3NO4/c1-8(2,3)17-5(6(14)15)4-13-7(16)9(10,11)12/h5H,4H2,1-3H3,(H,13,16)(H,14,15)/t5-/m1/s1. The van der Waals surface area contributed by atoms with Crippen LogP contribution in [0, 0.1) is 0 Å². The molecule has 17 heavy (non-hydrogen) atoms. The van der Waals surface area contributed by atoms with E-state index in [0.29, 0.717) is 0 Å². The Morgan fingerprint density at radius 1 is 1.29 bits per heavy atom. The molecule has 0 spiro atoms. The highest BCUT2D eigenvalue weighted by Gasteiger charge is 2.39. The molecule has 2 N–H and O–H groups in total. The van der Waals surface area contributed by atoms with E-state index in [1.807, 2.05) is 0 Å². The molecule has 0 aliphatic rings. The third-order valence-electron chi connectivity index (χ3n) is 1.48. The number of carbonyl (C=O) groups is 2. The first-order chi connectivity index (χ1) is 7.43. The number of alkyl halides is 3. The third kappa shape index (κ3) is 6.77. The van der Waals surface area contributed by atoms with Gasteiger partial charge in [-0.3, -0.25) is 4.79 Å². The summed E-state index contributed by atoms with van der Waals surface area (Å²) in [5, 5.41) is 10.2. The van der Waals surface area contributed by atoms with E-state index in [9.17, 15) is 22.8 Å². The zero-order valence-corrected chi connectivity index (χ0v) is 9.59. The highest BCUT2D eigenvalue weighted by molar-refractivity contribution is 5.82. The molecular weight excluding hydrogens is 243 g/mol. The third-order valence-corrected chi connectivity index (χ3v) is 1.48.